The van der Waals surface area contributed by atoms with Gasteiger partial charge in [0.15, 0.2) is 0 Å². The number of hydrogen-bond donors (Lipinski definition) is 1. The molecule has 112 valence electrons. The van der Waals surface area contributed by atoms with Crippen molar-refractivity contribution in [2.24, 2.45) is 0 Å². The van der Waals surface area contributed by atoms with Crippen molar-refractivity contribution < 1.29 is 17.6 Å². The van der Waals surface area contributed by atoms with Gasteiger partial charge in [0.2, 0.25) is 0 Å². The smallest absolute Gasteiger partial charge is 0.309 e. The van der Waals surface area contributed by atoms with Crippen LogP contribution in [0.2, 0.25) is 0 Å². The van der Waals surface area contributed by atoms with Gasteiger partial charge in [-0.1, -0.05) is 24.3 Å². The van der Waals surface area contributed by atoms with Gasteiger partial charge in [-0.15, -0.1) is 0 Å². The lowest BCUT2D eigenvalue weighted by Gasteiger charge is -2.10. The van der Waals surface area contributed by atoms with E-state index in [0.717, 1.165) is 17.7 Å². The van der Waals surface area contributed by atoms with Gasteiger partial charge in [0.05, 0.1) is 10.0 Å². The lowest BCUT2D eigenvalue weighted by Crippen LogP contribution is -2.14. The molecule has 0 atom stereocenters. The van der Waals surface area contributed by atoms with Gasteiger partial charge in [-0.3, -0.25) is 0 Å². The van der Waals surface area contributed by atoms with Crippen LogP contribution < -0.4 is 5.32 Å². The number of hydrogen-bond acceptors (Lipinski definition) is 1. The van der Waals surface area contributed by atoms with Crippen LogP contribution in [0, 0.1) is 5.82 Å². The average molecular weight is 362 g/mol. The predicted molar refractivity (Wildman–Crippen MR) is 76.1 cm³/mol. The van der Waals surface area contributed by atoms with Gasteiger partial charge in [-0.25, -0.2) is 4.39 Å². The Morgan fingerprint density at radius 2 is 1.62 bits per heavy atom. The zero-order chi connectivity index (χ0) is 15.5. The normalized spacial score (nSPS) is 11.7. The van der Waals surface area contributed by atoms with Crippen molar-refractivity contribution in [3.05, 3.63) is 69.4 Å². The van der Waals surface area contributed by atoms with E-state index in [1.807, 2.05) is 0 Å². The van der Waals surface area contributed by atoms with Crippen molar-refractivity contribution in [1.29, 1.82) is 0 Å². The largest absolute Gasteiger partial charge is 0.416 e. The molecular formula is C15H12BrF4N. The number of rotatable bonds is 4. The van der Waals surface area contributed by atoms with Crippen LogP contribution in [-0.4, -0.2) is 0 Å². The van der Waals surface area contributed by atoms with Crippen LogP contribution in [0.3, 0.4) is 0 Å². The summed E-state index contributed by atoms with van der Waals surface area (Å²) in [5.41, 5.74) is 0.585. The van der Waals surface area contributed by atoms with Gasteiger partial charge in [0, 0.05) is 13.1 Å². The highest BCUT2D eigenvalue weighted by atomic mass is 79.9. The Hall–Kier alpha value is -1.40. The first-order chi connectivity index (χ1) is 9.86. The van der Waals surface area contributed by atoms with Gasteiger partial charge in [-0.2, -0.15) is 13.2 Å². The number of benzene rings is 2. The fourth-order valence-corrected chi connectivity index (χ4v) is 2.11. The summed E-state index contributed by atoms with van der Waals surface area (Å²) in [6.45, 7) is 0.655. The molecule has 0 unspecified atom stereocenters. The Balaban J connectivity index is 1.96. The zero-order valence-electron chi connectivity index (χ0n) is 10.8. The minimum Gasteiger partial charge on any atom is -0.309 e. The molecule has 2 aromatic carbocycles. The maximum atomic E-state index is 13.3. The third-order valence-electron chi connectivity index (χ3n) is 2.90. The number of halogens is 5. The van der Waals surface area contributed by atoms with Gasteiger partial charge in [0.1, 0.15) is 5.82 Å². The fourth-order valence-electron chi connectivity index (χ4n) is 1.86. The summed E-state index contributed by atoms with van der Waals surface area (Å²) in [4.78, 5) is 0. The standard InChI is InChI=1S/C15H12BrF4N/c16-13-5-4-11(7-14(13)17)9-21-8-10-2-1-3-12(6-10)15(18,19)20/h1-7,21H,8-9H2. The van der Waals surface area contributed by atoms with E-state index < -0.39 is 11.7 Å². The molecular weight excluding hydrogens is 350 g/mol. The molecule has 0 fully saturated rings. The molecule has 0 heterocycles. The first-order valence-corrected chi connectivity index (χ1v) is 6.96. The van der Waals surface area contributed by atoms with Crippen LogP contribution in [0.25, 0.3) is 0 Å². The zero-order valence-corrected chi connectivity index (χ0v) is 12.4. The monoisotopic (exact) mass is 361 g/mol. The molecule has 21 heavy (non-hydrogen) atoms. The minimum atomic E-state index is -4.34. The molecule has 0 radical (unpaired) electrons. The Morgan fingerprint density at radius 1 is 0.952 bits per heavy atom. The lowest BCUT2D eigenvalue weighted by atomic mass is 10.1. The Bertz CT molecular complexity index is 625. The second-order valence-electron chi connectivity index (χ2n) is 4.55. The predicted octanol–water partition coefficient (Wildman–Crippen LogP) is 4.90. The molecule has 0 amide bonds. The van der Waals surface area contributed by atoms with Crippen LogP contribution in [-0.2, 0) is 19.3 Å². The van der Waals surface area contributed by atoms with Crippen molar-refractivity contribution in [2.45, 2.75) is 19.3 Å². The SMILES string of the molecule is Fc1cc(CNCc2cccc(C(F)(F)F)c2)ccc1Br. The molecule has 0 aliphatic heterocycles. The molecule has 0 saturated carbocycles. The molecule has 0 aliphatic carbocycles. The van der Waals surface area contributed by atoms with Crippen molar-refractivity contribution >= 4 is 15.9 Å². The summed E-state index contributed by atoms with van der Waals surface area (Å²) < 4.78 is 51.4. The van der Waals surface area contributed by atoms with Crippen molar-refractivity contribution in [3.63, 3.8) is 0 Å². The minimum absolute atomic E-state index is 0.279. The fraction of sp³-hybridized carbons (Fsp3) is 0.200. The molecule has 2 rings (SSSR count). The maximum Gasteiger partial charge on any atom is 0.416 e. The van der Waals surface area contributed by atoms with Crippen LogP contribution in [0.15, 0.2) is 46.9 Å². The molecule has 0 saturated heterocycles. The molecule has 0 spiro atoms. The van der Waals surface area contributed by atoms with Crippen LogP contribution >= 0.6 is 15.9 Å². The molecule has 2 aromatic rings. The van der Waals surface area contributed by atoms with Crippen LogP contribution in [0.5, 0.6) is 0 Å². The molecule has 6 heteroatoms. The molecule has 0 bridgehead atoms. The van der Waals surface area contributed by atoms with Crippen molar-refractivity contribution in [1.82, 2.24) is 5.32 Å². The summed E-state index contributed by atoms with van der Waals surface area (Å²) in [5, 5.41) is 2.99. The third-order valence-corrected chi connectivity index (χ3v) is 3.54. The Labute approximate surface area is 128 Å². The summed E-state index contributed by atoms with van der Waals surface area (Å²) in [5.74, 6) is -0.367. The topological polar surface area (TPSA) is 12.0 Å². The lowest BCUT2D eigenvalue weighted by molar-refractivity contribution is -0.137. The van der Waals surface area contributed by atoms with Gasteiger partial charge in [-0.05, 0) is 45.3 Å². The van der Waals surface area contributed by atoms with Crippen molar-refractivity contribution in [2.75, 3.05) is 0 Å². The second-order valence-corrected chi connectivity index (χ2v) is 5.40. The van der Waals surface area contributed by atoms with Crippen molar-refractivity contribution in [3.8, 4) is 0 Å². The Kier molecular flexibility index (Phi) is 5.00. The average Bonchev–Trinajstić information content (AvgIpc) is 2.42. The summed E-state index contributed by atoms with van der Waals surface area (Å²) in [6, 6.07) is 9.85. The van der Waals surface area contributed by atoms with Gasteiger partial charge >= 0.3 is 6.18 Å². The molecule has 1 N–H and O–H groups in total. The van der Waals surface area contributed by atoms with Crippen LogP contribution in [0.4, 0.5) is 17.6 Å². The van der Waals surface area contributed by atoms with E-state index in [4.69, 9.17) is 0 Å². The Morgan fingerprint density at radius 3 is 2.24 bits per heavy atom. The first kappa shape index (κ1) is 16.0. The first-order valence-electron chi connectivity index (χ1n) is 6.17. The van der Waals surface area contributed by atoms with E-state index in [1.165, 1.54) is 12.1 Å². The van der Waals surface area contributed by atoms with E-state index in [0.29, 0.717) is 16.6 Å². The van der Waals surface area contributed by atoms with Gasteiger partial charge in [0.25, 0.3) is 0 Å². The molecule has 0 aromatic heterocycles. The highest BCUT2D eigenvalue weighted by Gasteiger charge is 2.30. The van der Waals surface area contributed by atoms with Gasteiger partial charge < -0.3 is 5.32 Å². The van der Waals surface area contributed by atoms with Crippen LogP contribution in [0.1, 0.15) is 16.7 Å². The van der Waals surface area contributed by atoms with E-state index in [9.17, 15) is 17.6 Å². The van der Waals surface area contributed by atoms with E-state index in [-0.39, 0.29) is 12.4 Å². The highest BCUT2D eigenvalue weighted by molar-refractivity contribution is 9.10. The van der Waals surface area contributed by atoms with E-state index in [1.54, 1.807) is 18.2 Å². The summed E-state index contributed by atoms with van der Waals surface area (Å²) in [7, 11) is 0. The summed E-state index contributed by atoms with van der Waals surface area (Å²) in [6.07, 6.45) is -4.34. The number of alkyl halides is 3. The second kappa shape index (κ2) is 6.58. The third kappa shape index (κ3) is 4.54. The van der Waals surface area contributed by atoms with E-state index in [2.05, 4.69) is 21.2 Å². The maximum absolute atomic E-state index is 13.3. The highest BCUT2D eigenvalue weighted by Crippen LogP contribution is 2.29. The summed E-state index contributed by atoms with van der Waals surface area (Å²) >= 11 is 3.06. The number of nitrogens with one attached hydrogen (secondary N) is 1. The quantitative estimate of drug-likeness (QED) is 0.764. The molecule has 0 aliphatic rings. The van der Waals surface area contributed by atoms with E-state index >= 15 is 0 Å². The molecule has 1 nitrogen and oxygen atoms in total.